The largest absolute Gasteiger partial charge is 0.423 e. The van der Waals surface area contributed by atoms with E-state index in [0.29, 0.717) is 40.3 Å². The zero-order valence-electron chi connectivity index (χ0n) is 14.1. The van der Waals surface area contributed by atoms with Gasteiger partial charge in [-0.05, 0) is 43.2 Å². The summed E-state index contributed by atoms with van der Waals surface area (Å²) >= 11 is 12.0. The summed E-state index contributed by atoms with van der Waals surface area (Å²) in [7, 11) is 0. The maximum atomic E-state index is 12.8. The number of carbonyl (C=O) groups excluding carboxylic acids is 1. The van der Waals surface area contributed by atoms with E-state index in [1.165, 1.54) is 0 Å². The number of anilines is 1. The average molecular weight is 390 g/mol. The van der Waals surface area contributed by atoms with Crippen molar-refractivity contribution in [2.45, 2.75) is 19.4 Å². The summed E-state index contributed by atoms with van der Waals surface area (Å²) in [6.45, 7) is 3.18. The van der Waals surface area contributed by atoms with Gasteiger partial charge in [-0.1, -0.05) is 29.3 Å². The third kappa shape index (κ3) is 3.37. The van der Waals surface area contributed by atoms with E-state index in [1.54, 1.807) is 24.3 Å². The second-order valence-electron chi connectivity index (χ2n) is 6.47. The van der Waals surface area contributed by atoms with Crippen LogP contribution < -0.4 is 5.32 Å². The topological polar surface area (TPSA) is 58.4 Å². The fourth-order valence-corrected chi connectivity index (χ4v) is 3.53. The van der Waals surface area contributed by atoms with E-state index in [-0.39, 0.29) is 11.9 Å². The van der Waals surface area contributed by atoms with Crippen molar-refractivity contribution in [3.8, 4) is 0 Å². The molecule has 4 rings (SSSR count). The standard InChI is InChI=1S/C19H17Cl2N3O2/c1-11-2-3-12(20)8-15(11)18(25)24-7-6-14(10-24)22-19-23-16-5-4-13(21)9-17(16)26-19/h2-5,8-9,14H,6-7,10H2,1H3,(H,22,23)/t14-/m1/s1. The van der Waals surface area contributed by atoms with Crippen LogP contribution in [0.4, 0.5) is 6.01 Å². The van der Waals surface area contributed by atoms with Gasteiger partial charge in [-0.3, -0.25) is 4.79 Å². The average Bonchev–Trinajstić information content (AvgIpc) is 3.22. The lowest BCUT2D eigenvalue weighted by molar-refractivity contribution is 0.0791. The minimum absolute atomic E-state index is 0.00125. The van der Waals surface area contributed by atoms with Crippen LogP contribution in [0.3, 0.4) is 0 Å². The Balaban J connectivity index is 1.46. The quantitative estimate of drug-likeness (QED) is 0.700. The van der Waals surface area contributed by atoms with E-state index < -0.39 is 0 Å². The number of benzene rings is 2. The number of rotatable bonds is 3. The molecule has 1 fully saturated rings. The van der Waals surface area contributed by atoms with Gasteiger partial charge < -0.3 is 14.6 Å². The molecule has 0 unspecified atom stereocenters. The second kappa shape index (κ2) is 6.82. The molecule has 2 heterocycles. The molecule has 0 aliphatic carbocycles. The number of hydrogen-bond donors (Lipinski definition) is 1. The van der Waals surface area contributed by atoms with Crippen LogP contribution in [-0.2, 0) is 0 Å². The highest BCUT2D eigenvalue weighted by molar-refractivity contribution is 6.31. The first-order valence-electron chi connectivity index (χ1n) is 8.37. The molecular formula is C19H17Cl2N3O2. The van der Waals surface area contributed by atoms with Crippen molar-refractivity contribution >= 4 is 46.2 Å². The fraction of sp³-hybridized carbons (Fsp3) is 0.263. The first kappa shape index (κ1) is 17.2. The number of aryl methyl sites for hydroxylation is 1. The van der Waals surface area contributed by atoms with Crippen molar-refractivity contribution in [2.75, 3.05) is 18.4 Å². The van der Waals surface area contributed by atoms with Gasteiger partial charge >= 0.3 is 0 Å². The van der Waals surface area contributed by atoms with E-state index >= 15 is 0 Å². The summed E-state index contributed by atoms with van der Waals surface area (Å²) in [6.07, 6.45) is 0.824. The van der Waals surface area contributed by atoms with Gasteiger partial charge in [0.05, 0.1) is 0 Å². The highest BCUT2D eigenvalue weighted by Gasteiger charge is 2.28. The monoisotopic (exact) mass is 389 g/mol. The highest BCUT2D eigenvalue weighted by Crippen LogP contribution is 2.25. The van der Waals surface area contributed by atoms with Gasteiger partial charge in [-0.25, -0.2) is 0 Å². The number of oxazole rings is 1. The predicted molar refractivity (Wildman–Crippen MR) is 103 cm³/mol. The molecule has 7 heteroatoms. The van der Waals surface area contributed by atoms with Crippen LogP contribution in [0, 0.1) is 6.92 Å². The van der Waals surface area contributed by atoms with Crippen molar-refractivity contribution in [3.05, 3.63) is 57.6 Å². The summed E-state index contributed by atoms with van der Waals surface area (Å²) in [4.78, 5) is 19.0. The number of amides is 1. The first-order chi connectivity index (χ1) is 12.5. The normalized spacial score (nSPS) is 17.0. The number of nitrogens with one attached hydrogen (secondary N) is 1. The molecule has 1 atom stereocenters. The molecule has 0 radical (unpaired) electrons. The smallest absolute Gasteiger partial charge is 0.295 e. The highest BCUT2D eigenvalue weighted by atomic mass is 35.5. The van der Waals surface area contributed by atoms with Crippen LogP contribution in [0.2, 0.25) is 10.0 Å². The molecule has 3 aromatic rings. The van der Waals surface area contributed by atoms with Crippen LogP contribution in [0.15, 0.2) is 40.8 Å². The SMILES string of the molecule is Cc1ccc(Cl)cc1C(=O)N1CC[C@@H](Nc2nc3ccc(Cl)cc3o2)C1. The van der Waals surface area contributed by atoms with E-state index in [1.807, 2.05) is 24.0 Å². The molecule has 1 amide bonds. The van der Waals surface area contributed by atoms with Gasteiger partial charge in [0.15, 0.2) is 5.58 Å². The van der Waals surface area contributed by atoms with Crippen molar-refractivity contribution in [1.29, 1.82) is 0 Å². The third-order valence-electron chi connectivity index (χ3n) is 4.58. The molecule has 1 N–H and O–H groups in total. The lowest BCUT2D eigenvalue weighted by Gasteiger charge is -2.18. The molecule has 1 saturated heterocycles. The van der Waals surface area contributed by atoms with Gasteiger partial charge in [0.1, 0.15) is 5.52 Å². The molecular weight excluding hydrogens is 373 g/mol. The van der Waals surface area contributed by atoms with Gasteiger partial charge in [0.25, 0.3) is 11.9 Å². The fourth-order valence-electron chi connectivity index (χ4n) is 3.19. The van der Waals surface area contributed by atoms with Gasteiger partial charge in [0, 0.05) is 40.8 Å². The molecule has 26 heavy (non-hydrogen) atoms. The molecule has 1 aliphatic rings. The predicted octanol–water partition coefficient (Wildman–Crippen LogP) is 4.77. The van der Waals surface area contributed by atoms with Gasteiger partial charge in [-0.2, -0.15) is 4.98 Å². The van der Waals surface area contributed by atoms with E-state index in [4.69, 9.17) is 27.6 Å². The maximum Gasteiger partial charge on any atom is 0.295 e. The van der Waals surface area contributed by atoms with Crippen molar-refractivity contribution in [2.24, 2.45) is 0 Å². The molecule has 1 aliphatic heterocycles. The molecule has 0 spiro atoms. The third-order valence-corrected chi connectivity index (χ3v) is 5.05. The van der Waals surface area contributed by atoms with Crippen molar-refractivity contribution in [3.63, 3.8) is 0 Å². The number of likely N-dealkylation sites (tertiary alicyclic amines) is 1. The molecule has 0 bridgehead atoms. The number of halogens is 2. The summed E-state index contributed by atoms with van der Waals surface area (Å²) in [5.41, 5.74) is 2.96. The van der Waals surface area contributed by atoms with Crippen molar-refractivity contribution in [1.82, 2.24) is 9.88 Å². The van der Waals surface area contributed by atoms with Crippen LogP contribution in [0.25, 0.3) is 11.1 Å². The van der Waals surface area contributed by atoms with E-state index in [9.17, 15) is 4.79 Å². The Hall–Kier alpha value is -2.24. The molecule has 2 aromatic carbocycles. The first-order valence-corrected chi connectivity index (χ1v) is 9.13. The summed E-state index contributed by atoms with van der Waals surface area (Å²) in [5, 5.41) is 4.45. The zero-order valence-corrected chi connectivity index (χ0v) is 15.6. The Morgan fingerprint density at radius 3 is 2.85 bits per heavy atom. The Kier molecular flexibility index (Phi) is 4.51. The number of aromatic nitrogens is 1. The Morgan fingerprint density at radius 1 is 1.23 bits per heavy atom. The van der Waals surface area contributed by atoms with Gasteiger partial charge in [-0.15, -0.1) is 0 Å². The number of nitrogens with zero attached hydrogens (tertiary/aromatic N) is 2. The lowest BCUT2D eigenvalue weighted by Crippen LogP contribution is -2.32. The Bertz CT molecular complexity index is 986. The van der Waals surface area contributed by atoms with Crippen LogP contribution >= 0.6 is 23.2 Å². The molecule has 1 aromatic heterocycles. The van der Waals surface area contributed by atoms with Crippen LogP contribution in [-0.4, -0.2) is 34.9 Å². The van der Waals surface area contributed by atoms with Crippen LogP contribution in [0.1, 0.15) is 22.3 Å². The number of hydrogen-bond acceptors (Lipinski definition) is 4. The van der Waals surface area contributed by atoms with E-state index in [2.05, 4.69) is 10.3 Å². The number of fused-ring (bicyclic) bond motifs is 1. The summed E-state index contributed by atoms with van der Waals surface area (Å²) < 4.78 is 5.70. The zero-order chi connectivity index (χ0) is 18.3. The minimum Gasteiger partial charge on any atom is -0.423 e. The van der Waals surface area contributed by atoms with Crippen molar-refractivity contribution < 1.29 is 9.21 Å². The minimum atomic E-state index is -0.00125. The Morgan fingerprint density at radius 2 is 2.00 bits per heavy atom. The second-order valence-corrected chi connectivity index (χ2v) is 7.34. The number of carbonyl (C=O) groups is 1. The molecule has 0 saturated carbocycles. The van der Waals surface area contributed by atoms with E-state index in [0.717, 1.165) is 17.5 Å². The summed E-state index contributed by atoms with van der Waals surface area (Å²) in [6, 6.07) is 11.2. The van der Waals surface area contributed by atoms with Gasteiger partial charge in [0.2, 0.25) is 0 Å². The maximum absolute atomic E-state index is 12.8. The molecule has 5 nitrogen and oxygen atoms in total. The summed E-state index contributed by atoms with van der Waals surface area (Å²) in [5.74, 6) is -0.00125. The van der Waals surface area contributed by atoms with Crippen LogP contribution in [0.5, 0.6) is 0 Å². The Labute approximate surface area is 160 Å². The molecule has 134 valence electrons. The lowest BCUT2D eigenvalue weighted by atomic mass is 10.1.